The zero-order valence-corrected chi connectivity index (χ0v) is 13.1. The van der Waals surface area contributed by atoms with Gasteiger partial charge in [0.1, 0.15) is 12.4 Å². The van der Waals surface area contributed by atoms with Crippen molar-refractivity contribution in [1.82, 2.24) is 4.98 Å². The first-order chi connectivity index (χ1) is 9.60. The van der Waals surface area contributed by atoms with E-state index in [0.717, 1.165) is 21.5 Å². The molecule has 4 nitrogen and oxygen atoms in total. The van der Waals surface area contributed by atoms with Crippen molar-refractivity contribution in [2.75, 3.05) is 7.11 Å². The maximum atomic E-state index is 5.95. The molecule has 1 aromatic carbocycles. The van der Waals surface area contributed by atoms with Crippen LogP contribution in [-0.4, -0.2) is 12.1 Å². The molecule has 0 fully saturated rings. The molecule has 0 bridgehead atoms. The first kappa shape index (κ1) is 14.8. The van der Waals surface area contributed by atoms with E-state index in [1.165, 1.54) is 0 Å². The molecule has 1 atom stereocenters. The lowest BCUT2D eigenvalue weighted by molar-refractivity contribution is 0.293. The molecule has 0 aliphatic rings. The van der Waals surface area contributed by atoms with E-state index in [1.807, 2.05) is 37.3 Å². The maximum Gasteiger partial charge on any atom is 0.213 e. The van der Waals surface area contributed by atoms with Gasteiger partial charge in [-0.05, 0) is 25.1 Å². The van der Waals surface area contributed by atoms with Crippen molar-refractivity contribution in [2.24, 2.45) is 5.73 Å². The van der Waals surface area contributed by atoms with Crippen LogP contribution in [0.15, 0.2) is 40.9 Å². The SMILES string of the molecule is COc1cccc(COc2cc(Br)ccc2C(C)N)n1. The second-order valence-corrected chi connectivity index (χ2v) is 5.35. The summed E-state index contributed by atoms with van der Waals surface area (Å²) in [4.78, 5) is 4.31. The number of methoxy groups -OCH3 is 1. The molecule has 0 aliphatic heterocycles. The van der Waals surface area contributed by atoms with Gasteiger partial charge in [-0.1, -0.05) is 28.1 Å². The summed E-state index contributed by atoms with van der Waals surface area (Å²) in [6.45, 7) is 2.30. The summed E-state index contributed by atoms with van der Waals surface area (Å²) < 4.78 is 11.9. The molecule has 0 saturated heterocycles. The van der Waals surface area contributed by atoms with E-state index in [-0.39, 0.29) is 6.04 Å². The summed E-state index contributed by atoms with van der Waals surface area (Å²) in [5.74, 6) is 1.34. The summed E-state index contributed by atoms with van der Waals surface area (Å²) in [5.41, 5.74) is 7.72. The van der Waals surface area contributed by atoms with Gasteiger partial charge in [-0.25, -0.2) is 4.98 Å². The molecule has 2 aromatic rings. The lowest BCUT2D eigenvalue weighted by atomic mass is 10.1. The van der Waals surface area contributed by atoms with E-state index in [9.17, 15) is 0 Å². The number of nitrogens with zero attached hydrogens (tertiary/aromatic N) is 1. The van der Waals surface area contributed by atoms with Crippen LogP contribution >= 0.6 is 15.9 Å². The largest absolute Gasteiger partial charge is 0.487 e. The van der Waals surface area contributed by atoms with Gasteiger partial charge in [-0.2, -0.15) is 0 Å². The van der Waals surface area contributed by atoms with Crippen molar-refractivity contribution in [3.8, 4) is 11.6 Å². The molecule has 2 N–H and O–H groups in total. The lowest BCUT2D eigenvalue weighted by Gasteiger charge is -2.14. The van der Waals surface area contributed by atoms with Crippen LogP contribution in [0.25, 0.3) is 0 Å². The molecular weight excluding hydrogens is 320 g/mol. The van der Waals surface area contributed by atoms with Crippen LogP contribution in [0.2, 0.25) is 0 Å². The van der Waals surface area contributed by atoms with Gasteiger partial charge in [-0.15, -0.1) is 0 Å². The topological polar surface area (TPSA) is 57.4 Å². The Morgan fingerprint density at radius 2 is 2.10 bits per heavy atom. The van der Waals surface area contributed by atoms with Crippen molar-refractivity contribution < 1.29 is 9.47 Å². The normalized spacial score (nSPS) is 12.0. The van der Waals surface area contributed by atoms with Crippen LogP contribution in [0.5, 0.6) is 11.6 Å². The van der Waals surface area contributed by atoms with Crippen molar-refractivity contribution in [2.45, 2.75) is 19.6 Å². The number of aromatic nitrogens is 1. The van der Waals surface area contributed by atoms with E-state index in [4.69, 9.17) is 15.2 Å². The van der Waals surface area contributed by atoms with Crippen molar-refractivity contribution in [3.63, 3.8) is 0 Å². The van der Waals surface area contributed by atoms with E-state index in [1.54, 1.807) is 13.2 Å². The molecule has 1 heterocycles. The Balaban J connectivity index is 2.15. The monoisotopic (exact) mass is 336 g/mol. The minimum atomic E-state index is -0.0867. The number of hydrogen-bond donors (Lipinski definition) is 1. The van der Waals surface area contributed by atoms with Crippen molar-refractivity contribution in [1.29, 1.82) is 0 Å². The first-order valence-electron chi connectivity index (χ1n) is 6.28. The number of nitrogens with two attached hydrogens (primary N) is 1. The molecule has 1 aromatic heterocycles. The Bertz CT molecular complexity index is 588. The molecule has 20 heavy (non-hydrogen) atoms. The number of benzene rings is 1. The van der Waals surface area contributed by atoms with Crippen LogP contribution in [0.1, 0.15) is 24.2 Å². The van der Waals surface area contributed by atoms with Crippen molar-refractivity contribution >= 4 is 15.9 Å². The van der Waals surface area contributed by atoms with Crippen LogP contribution in [0.3, 0.4) is 0 Å². The Hall–Kier alpha value is -1.59. The second kappa shape index (κ2) is 6.72. The molecule has 5 heteroatoms. The zero-order valence-electron chi connectivity index (χ0n) is 11.5. The summed E-state index contributed by atoms with van der Waals surface area (Å²) >= 11 is 3.44. The fraction of sp³-hybridized carbons (Fsp3) is 0.267. The Morgan fingerprint density at radius 1 is 1.30 bits per heavy atom. The van der Waals surface area contributed by atoms with Gasteiger partial charge in [0.2, 0.25) is 5.88 Å². The predicted octanol–water partition coefficient (Wildman–Crippen LogP) is 3.45. The molecule has 106 valence electrons. The molecule has 0 radical (unpaired) electrons. The number of hydrogen-bond acceptors (Lipinski definition) is 4. The third kappa shape index (κ3) is 3.71. The molecule has 0 amide bonds. The Labute approximate surface area is 127 Å². The number of pyridine rings is 1. The third-order valence-electron chi connectivity index (χ3n) is 2.83. The summed E-state index contributed by atoms with van der Waals surface area (Å²) in [6, 6.07) is 11.3. The van der Waals surface area contributed by atoms with Crippen LogP contribution in [0.4, 0.5) is 0 Å². The number of rotatable bonds is 5. The van der Waals surface area contributed by atoms with E-state index in [2.05, 4.69) is 20.9 Å². The standard InChI is InChI=1S/C15H17BrN2O2/c1-10(17)13-7-6-11(16)8-14(13)20-9-12-4-3-5-15(18-12)19-2/h3-8,10H,9,17H2,1-2H3. The van der Waals surface area contributed by atoms with Gasteiger partial charge in [-0.3, -0.25) is 0 Å². The highest BCUT2D eigenvalue weighted by atomic mass is 79.9. The van der Waals surface area contributed by atoms with E-state index in [0.29, 0.717) is 12.5 Å². The van der Waals surface area contributed by atoms with Gasteiger partial charge in [0.25, 0.3) is 0 Å². The molecular formula is C15H17BrN2O2. The summed E-state index contributed by atoms with van der Waals surface area (Å²) in [6.07, 6.45) is 0. The summed E-state index contributed by atoms with van der Waals surface area (Å²) in [7, 11) is 1.59. The van der Waals surface area contributed by atoms with Crippen LogP contribution in [-0.2, 0) is 6.61 Å². The van der Waals surface area contributed by atoms with Crippen LogP contribution in [0, 0.1) is 0 Å². The molecule has 0 aliphatic carbocycles. The molecule has 0 saturated carbocycles. The van der Waals surface area contributed by atoms with Gasteiger partial charge < -0.3 is 15.2 Å². The minimum absolute atomic E-state index is 0.0867. The summed E-state index contributed by atoms with van der Waals surface area (Å²) in [5, 5.41) is 0. The van der Waals surface area contributed by atoms with Gasteiger partial charge in [0.05, 0.1) is 12.8 Å². The predicted molar refractivity (Wildman–Crippen MR) is 81.9 cm³/mol. The first-order valence-corrected chi connectivity index (χ1v) is 7.07. The zero-order chi connectivity index (χ0) is 14.5. The Kier molecular flexibility index (Phi) is 4.98. The molecule has 1 unspecified atom stereocenters. The van der Waals surface area contributed by atoms with Gasteiger partial charge in [0.15, 0.2) is 0 Å². The van der Waals surface area contributed by atoms with Gasteiger partial charge in [0, 0.05) is 22.1 Å². The average molecular weight is 337 g/mol. The van der Waals surface area contributed by atoms with Crippen LogP contribution < -0.4 is 15.2 Å². The van der Waals surface area contributed by atoms with E-state index >= 15 is 0 Å². The highest BCUT2D eigenvalue weighted by Crippen LogP contribution is 2.28. The number of halogens is 1. The highest BCUT2D eigenvalue weighted by molar-refractivity contribution is 9.10. The fourth-order valence-electron chi connectivity index (χ4n) is 1.81. The van der Waals surface area contributed by atoms with Crippen molar-refractivity contribution in [3.05, 3.63) is 52.1 Å². The molecule has 0 spiro atoms. The Morgan fingerprint density at radius 3 is 2.80 bits per heavy atom. The molecule has 2 rings (SSSR count). The maximum absolute atomic E-state index is 5.95. The smallest absolute Gasteiger partial charge is 0.213 e. The highest BCUT2D eigenvalue weighted by Gasteiger charge is 2.09. The number of ether oxygens (including phenoxy) is 2. The van der Waals surface area contributed by atoms with E-state index < -0.39 is 0 Å². The average Bonchev–Trinajstić information content (AvgIpc) is 2.45. The van der Waals surface area contributed by atoms with Gasteiger partial charge >= 0.3 is 0 Å². The fourth-order valence-corrected chi connectivity index (χ4v) is 2.15. The second-order valence-electron chi connectivity index (χ2n) is 4.43. The third-order valence-corrected chi connectivity index (χ3v) is 3.33. The minimum Gasteiger partial charge on any atom is -0.487 e. The quantitative estimate of drug-likeness (QED) is 0.908. The lowest BCUT2D eigenvalue weighted by Crippen LogP contribution is -2.08.